The Morgan fingerprint density at radius 1 is 1.55 bits per heavy atom. The molecule has 0 atom stereocenters. The molecule has 0 fully saturated rings. The Kier molecular flexibility index (Phi) is 2.10. The number of carbonyl (C=O) groups excluding carboxylic acids is 1. The van der Waals surface area contributed by atoms with Crippen LogP contribution in [0.5, 0.6) is 0 Å². The van der Waals surface area contributed by atoms with E-state index in [4.69, 9.17) is 5.73 Å². The fraction of sp³-hybridized carbons (Fsp3) is 0.125. The summed E-state index contributed by atoms with van der Waals surface area (Å²) in [4.78, 5) is 10.8. The second kappa shape index (κ2) is 2.88. The van der Waals surface area contributed by atoms with Crippen LogP contribution in [0.3, 0.4) is 0 Å². The smallest absolute Gasteiger partial charge is 0.248 e. The Bertz CT molecular complexity index is 296. The van der Waals surface area contributed by atoms with Crippen molar-refractivity contribution in [3.05, 3.63) is 29.3 Å². The fourth-order valence-electron chi connectivity index (χ4n) is 1.09. The third-order valence-corrected chi connectivity index (χ3v) is 2.47. The van der Waals surface area contributed by atoms with Crippen molar-refractivity contribution in [2.45, 2.75) is 6.92 Å². The minimum absolute atomic E-state index is 0.324. The monoisotopic (exact) mass is 165 g/mol. The molecule has 0 aromatic heterocycles. The summed E-state index contributed by atoms with van der Waals surface area (Å²) >= 11 is 0. The topological polar surface area (TPSA) is 43.1 Å². The van der Waals surface area contributed by atoms with E-state index in [-0.39, 0.29) is 5.91 Å². The summed E-state index contributed by atoms with van der Waals surface area (Å²) in [5.74, 6) is -0.324. The molecule has 11 heavy (non-hydrogen) atoms. The molecule has 58 valence electrons. The van der Waals surface area contributed by atoms with Gasteiger partial charge in [0.15, 0.2) is 0 Å². The van der Waals surface area contributed by atoms with Crippen LogP contribution >= 0.6 is 0 Å². The number of benzene rings is 1. The molecule has 0 unspecified atom stereocenters. The van der Waals surface area contributed by atoms with Crippen molar-refractivity contribution < 1.29 is 4.79 Å². The van der Waals surface area contributed by atoms with Gasteiger partial charge in [-0.3, -0.25) is 4.79 Å². The first-order valence-corrected chi connectivity index (χ1v) is 4.48. The van der Waals surface area contributed by atoms with Gasteiger partial charge in [0.05, 0.1) is 0 Å². The Labute approximate surface area is 68.8 Å². The first-order valence-electron chi connectivity index (χ1n) is 3.48. The number of aryl methyl sites for hydroxylation is 1. The van der Waals surface area contributed by atoms with Crippen LogP contribution in [0.1, 0.15) is 15.9 Å². The minimum Gasteiger partial charge on any atom is -0.366 e. The lowest BCUT2D eigenvalue weighted by molar-refractivity contribution is 0.100. The lowest BCUT2D eigenvalue weighted by Crippen LogP contribution is -2.21. The molecule has 2 N–H and O–H groups in total. The molecule has 0 aliphatic heterocycles. The van der Waals surface area contributed by atoms with Crippen molar-refractivity contribution in [3.63, 3.8) is 0 Å². The molecule has 0 saturated heterocycles. The fourth-order valence-corrected chi connectivity index (χ4v) is 1.96. The second-order valence-electron chi connectivity index (χ2n) is 2.68. The number of rotatable bonds is 1. The maximum absolute atomic E-state index is 10.8. The summed E-state index contributed by atoms with van der Waals surface area (Å²) in [6, 6.07) is 5.70. The molecule has 0 heterocycles. The molecule has 0 saturated carbocycles. The summed E-state index contributed by atoms with van der Waals surface area (Å²) < 4.78 is 0. The molecule has 0 spiro atoms. The zero-order valence-corrected chi connectivity index (χ0v) is 8.72. The molecule has 1 aromatic carbocycles. The molecular formula is C8H11NOSi. The van der Waals surface area contributed by atoms with Crippen LogP contribution in [0.2, 0.25) is 0 Å². The summed E-state index contributed by atoms with van der Waals surface area (Å²) in [5.41, 5.74) is 7.00. The van der Waals surface area contributed by atoms with Gasteiger partial charge in [-0.05, 0) is 13.0 Å². The number of amides is 1. The summed E-state index contributed by atoms with van der Waals surface area (Å²) in [6.07, 6.45) is 0. The highest BCUT2D eigenvalue weighted by Crippen LogP contribution is 1.97. The van der Waals surface area contributed by atoms with Crippen molar-refractivity contribution in [2.75, 3.05) is 0 Å². The van der Waals surface area contributed by atoms with Gasteiger partial charge in [0, 0.05) is 15.8 Å². The lowest BCUT2D eigenvalue weighted by Gasteiger charge is -2.01. The van der Waals surface area contributed by atoms with Gasteiger partial charge in [-0.1, -0.05) is 22.9 Å². The van der Waals surface area contributed by atoms with E-state index >= 15 is 0 Å². The molecule has 0 aliphatic rings. The number of hydrogen-bond donors (Lipinski definition) is 1. The lowest BCUT2D eigenvalue weighted by atomic mass is 10.1. The van der Waals surface area contributed by atoms with Gasteiger partial charge in [-0.15, -0.1) is 0 Å². The van der Waals surface area contributed by atoms with Crippen LogP contribution in [0, 0.1) is 6.92 Å². The van der Waals surface area contributed by atoms with Crippen LogP contribution in [-0.4, -0.2) is 16.1 Å². The van der Waals surface area contributed by atoms with Crippen LogP contribution < -0.4 is 10.9 Å². The van der Waals surface area contributed by atoms with E-state index in [2.05, 4.69) is 0 Å². The Balaban J connectivity index is 3.20. The first-order chi connectivity index (χ1) is 5.11. The highest BCUT2D eigenvalue weighted by Gasteiger charge is 2.02. The van der Waals surface area contributed by atoms with Gasteiger partial charge in [-0.2, -0.15) is 0 Å². The average Bonchev–Trinajstić information content (AvgIpc) is 1.85. The molecule has 0 aliphatic carbocycles. The van der Waals surface area contributed by atoms with Crippen LogP contribution in [-0.2, 0) is 0 Å². The quantitative estimate of drug-likeness (QED) is 0.538. The van der Waals surface area contributed by atoms with Crippen molar-refractivity contribution in [2.24, 2.45) is 5.73 Å². The van der Waals surface area contributed by atoms with Crippen molar-refractivity contribution in [1.29, 1.82) is 0 Å². The molecule has 1 aromatic rings. The largest absolute Gasteiger partial charge is 0.366 e. The van der Waals surface area contributed by atoms with E-state index in [1.54, 1.807) is 6.07 Å². The van der Waals surface area contributed by atoms with E-state index in [9.17, 15) is 4.79 Å². The Morgan fingerprint density at radius 3 is 2.64 bits per heavy atom. The van der Waals surface area contributed by atoms with Crippen molar-refractivity contribution >= 4 is 21.3 Å². The summed E-state index contributed by atoms with van der Waals surface area (Å²) in [5, 5.41) is 1.08. The molecule has 3 heteroatoms. The molecule has 1 rings (SSSR count). The minimum atomic E-state index is -0.324. The summed E-state index contributed by atoms with van der Waals surface area (Å²) in [7, 11) is 0.871. The third-order valence-electron chi connectivity index (χ3n) is 1.65. The van der Waals surface area contributed by atoms with E-state index in [1.165, 1.54) is 5.56 Å². The van der Waals surface area contributed by atoms with Gasteiger partial charge < -0.3 is 5.73 Å². The van der Waals surface area contributed by atoms with Gasteiger partial charge in [0.25, 0.3) is 0 Å². The maximum Gasteiger partial charge on any atom is 0.248 e. The average molecular weight is 165 g/mol. The molecule has 0 bridgehead atoms. The SMILES string of the molecule is Cc1ccc(C(N)=O)c([SiH3])c1. The van der Waals surface area contributed by atoms with Crippen molar-refractivity contribution in [3.8, 4) is 0 Å². The van der Waals surface area contributed by atoms with Gasteiger partial charge >= 0.3 is 0 Å². The standard InChI is InChI=1S/C8H11NOSi/c1-5-2-3-6(8(9)10)7(11)4-5/h2-4H,1,11H3,(H2,9,10). The van der Waals surface area contributed by atoms with E-state index < -0.39 is 0 Å². The first kappa shape index (κ1) is 8.01. The Hall–Kier alpha value is -1.09. The van der Waals surface area contributed by atoms with Gasteiger partial charge in [0.1, 0.15) is 0 Å². The molecule has 0 radical (unpaired) electrons. The second-order valence-corrected chi connectivity index (χ2v) is 3.76. The highest BCUT2D eigenvalue weighted by atomic mass is 28.1. The highest BCUT2D eigenvalue weighted by molar-refractivity contribution is 6.36. The van der Waals surface area contributed by atoms with Gasteiger partial charge in [0.2, 0.25) is 5.91 Å². The third kappa shape index (κ3) is 1.68. The summed E-state index contributed by atoms with van der Waals surface area (Å²) in [6.45, 7) is 2.01. The van der Waals surface area contributed by atoms with E-state index in [0.29, 0.717) is 5.56 Å². The van der Waals surface area contributed by atoms with Crippen molar-refractivity contribution in [1.82, 2.24) is 0 Å². The molecule has 1 amide bonds. The van der Waals surface area contributed by atoms with E-state index in [0.717, 1.165) is 15.4 Å². The maximum atomic E-state index is 10.8. The number of carbonyl (C=O) groups is 1. The predicted molar refractivity (Wildman–Crippen MR) is 49.3 cm³/mol. The van der Waals surface area contributed by atoms with Crippen LogP contribution in [0.4, 0.5) is 0 Å². The Morgan fingerprint density at radius 2 is 2.18 bits per heavy atom. The van der Waals surface area contributed by atoms with E-state index in [1.807, 2.05) is 19.1 Å². The zero-order valence-electron chi connectivity index (χ0n) is 6.72. The zero-order chi connectivity index (χ0) is 8.43. The molecular weight excluding hydrogens is 154 g/mol. The van der Waals surface area contributed by atoms with Gasteiger partial charge in [-0.25, -0.2) is 0 Å². The number of nitrogens with two attached hydrogens (primary N) is 1. The number of hydrogen-bond acceptors (Lipinski definition) is 1. The van der Waals surface area contributed by atoms with Crippen LogP contribution in [0.15, 0.2) is 18.2 Å². The number of primary amides is 1. The van der Waals surface area contributed by atoms with Crippen LogP contribution in [0.25, 0.3) is 0 Å². The predicted octanol–water partition coefficient (Wildman–Crippen LogP) is -0.915. The normalized spacial score (nSPS) is 9.91. The molecule has 2 nitrogen and oxygen atoms in total.